The molecule has 1 aromatic heterocycles. The lowest BCUT2D eigenvalue weighted by Crippen LogP contribution is -2.33. The molecule has 114 valence electrons. The summed E-state index contributed by atoms with van der Waals surface area (Å²) in [7, 11) is -6.89. The Kier molecular flexibility index (Phi) is 4.24. The van der Waals surface area contributed by atoms with Gasteiger partial charge in [-0.3, -0.25) is 0 Å². The first-order valence-corrected chi connectivity index (χ1v) is 9.52. The molecule has 0 aromatic carbocycles. The fraction of sp³-hybridized carbons (Fsp3) is 0.636. The first-order chi connectivity index (χ1) is 9.26. The van der Waals surface area contributed by atoms with Crippen LogP contribution in [0.15, 0.2) is 15.4 Å². The summed E-state index contributed by atoms with van der Waals surface area (Å²) in [5.41, 5.74) is 5.43. The number of hydrogen-bond acceptors (Lipinski definition) is 6. The van der Waals surface area contributed by atoms with Gasteiger partial charge in [-0.2, -0.15) is 4.31 Å². The standard InChI is InChI=1S/C11H18N2O5S2/c1-9-11(7-10(8-12)18-9)20(16,17)13-3-2-5-19(14,15)6-4-13/h7H,2-6,8,12H2,1H3. The van der Waals surface area contributed by atoms with Gasteiger partial charge in [0.1, 0.15) is 16.4 Å². The van der Waals surface area contributed by atoms with Crippen molar-refractivity contribution < 1.29 is 21.3 Å². The lowest BCUT2D eigenvalue weighted by atomic mass is 10.4. The molecule has 1 aromatic rings. The van der Waals surface area contributed by atoms with Crippen molar-refractivity contribution in [3.8, 4) is 0 Å². The second-order valence-corrected chi connectivity index (χ2v) is 8.96. The highest BCUT2D eigenvalue weighted by atomic mass is 32.2. The smallest absolute Gasteiger partial charge is 0.246 e. The van der Waals surface area contributed by atoms with Crippen LogP contribution in [-0.2, 0) is 26.4 Å². The Morgan fingerprint density at radius 2 is 2.05 bits per heavy atom. The molecule has 1 fully saturated rings. The zero-order valence-electron chi connectivity index (χ0n) is 11.2. The van der Waals surface area contributed by atoms with Gasteiger partial charge < -0.3 is 10.2 Å². The van der Waals surface area contributed by atoms with Crippen molar-refractivity contribution in [2.45, 2.75) is 24.8 Å². The third-order valence-corrected chi connectivity index (χ3v) is 6.98. The van der Waals surface area contributed by atoms with Crippen LogP contribution < -0.4 is 5.73 Å². The van der Waals surface area contributed by atoms with Crippen LogP contribution in [0, 0.1) is 6.92 Å². The number of sulfonamides is 1. The zero-order valence-corrected chi connectivity index (χ0v) is 12.8. The first-order valence-electron chi connectivity index (χ1n) is 6.26. The summed E-state index contributed by atoms with van der Waals surface area (Å²) < 4.78 is 54.6. The monoisotopic (exact) mass is 322 g/mol. The van der Waals surface area contributed by atoms with E-state index in [-0.39, 0.29) is 41.8 Å². The molecule has 2 N–H and O–H groups in total. The summed E-state index contributed by atoms with van der Waals surface area (Å²) in [6.45, 7) is 1.85. The molecule has 0 amide bonds. The summed E-state index contributed by atoms with van der Waals surface area (Å²) >= 11 is 0. The maximum absolute atomic E-state index is 12.5. The van der Waals surface area contributed by atoms with Crippen LogP contribution in [0.25, 0.3) is 0 Å². The van der Waals surface area contributed by atoms with Gasteiger partial charge >= 0.3 is 0 Å². The molecule has 1 aliphatic rings. The van der Waals surface area contributed by atoms with Gasteiger partial charge in [-0.05, 0) is 13.3 Å². The van der Waals surface area contributed by atoms with Gasteiger partial charge in [-0.25, -0.2) is 16.8 Å². The minimum Gasteiger partial charge on any atom is -0.464 e. The Balaban J connectivity index is 2.32. The molecule has 0 spiro atoms. The molecule has 0 saturated carbocycles. The van der Waals surface area contributed by atoms with Gasteiger partial charge in [0.15, 0.2) is 9.84 Å². The molecule has 2 heterocycles. The first kappa shape index (κ1) is 15.5. The lowest BCUT2D eigenvalue weighted by Gasteiger charge is -2.18. The Labute approximate surface area is 118 Å². The third kappa shape index (κ3) is 3.05. The highest BCUT2D eigenvalue weighted by molar-refractivity contribution is 7.91. The van der Waals surface area contributed by atoms with E-state index >= 15 is 0 Å². The molecule has 1 aliphatic heterocycles. The third-order valence-electron chi connectivity index (χ3n) is 3.26. The average molecular weight is 322 g/mol. The van der Waals surface area contributed by atoms with Crippen molar-refractivity contribution in [1.82, 2.24) is 4.31 Å². The van der Waals surface area contributed by atoms with E-state index in [1.54, 1.807) is 6.92 Å². The van der Waals surface area contributed by atoms with Crippen LogP contribution in [-0.4, -0.2) is 45.7 Å². The number of furan rings is 1. The van der Waals surface area contributed by atoms with E-state index in [0.29, 0.717) is 12.2 Å². The largest absolute Gasteiger partial charge is 0.464 e. The van der Waals surface area contributed by atoms with Gasteiger partial charge in [-0.1, -0.05) is 0 Å². The molecular formula is C11H18N2O5S2. The average Bonchev–Trinajstić information content (AvgIpc) is 2.64. The molecule has 0 aliphatic carbocycles. The Hall–Kier alpha value is -0.900. The van der Waals surface area contributed by atoms with Crippen LogP contribution in [0.4, 0.5) is 0 Å². The van der Waals surface area contributed by atoms with Gasteiger partial charge in [0.2, 0.25) is 10.0 Å². The predicted molar refractivity (Wildman–Crippen MR) is 73.4 cm³/mol. The second-order valence-electron chi connectivity index (χ2n) is 4.75. The van der Waals surface area contributed by atoms with E-state index in [9.17, 15) is 16.8 Å². The molecule has 0 bridgehead atoms. The number of rotatable bonds is 3. The zero-order chi connectivity index (χ0) is 15.0. The van der Waals surface area contributed by atoms with Gasteiger partial charge in [-0.15, -0.1) is 0 Å². The van der Waals surface area contributed by atoms with Crippen LogP contribution >= 0.6 is 0 Å². The van der Waals surface area contributed by atoms with Gasteiger partial charge in [0.05, 0.1) is 18.1 Å². The molecule has 20 heavy (non-hydrogen) atoms. The number of hydrogen-bond donors (Lipinski definition) is 1. The van der Waals surface area contributed by atoms with Crippen molar-refractivity contribution in [2.75, 3.05) is 24.6 Å². The topological polar surface area (TPSA) is 111 Å². The summed E-state index contributed by atoms with van der Waals surface area (Å²) in [5, 5.41) is 0. The molecule has 0 atom stereocenters. The second kappa shape index (κ2) is 5.47. The Morgan fingerprint density at radius 1 is 1.35 bits per heavy atom. The lowest BCUT2D eigenvalue weighted by molar-refractivity contribution is 0.430. The Bertz CT molecular complexity index is 690. The predicted octanol–water partition coefficient (Wildman–Crippen LogP) is -0.144. The number of sulfone groups is 1. The summed E-state index contributed by atoms with van der Waals surface area (Å²) in [5.74, 6) is 0.547. The molecular weight excluding hydrogens is 304 g/mol. The number of nitrogens with two attached hydrogens (primary N) is 1. The van der Waals surface area contributed by atoms with Gasteiger partial charge in [0.25, 0.3) is 0 Å². The van der Waals surface area contributed by atoms with Crippen molar-refractivity contribution >= 4 is 19.9 Å². The molecule has 0 unspecified atom stereocenters. The molecule has 9 heteroatoms. The summed E-state index contributed by atoms with van der Waals surface area (Å²) in [4.78, 5) is 0.0669. The van der Waals surface area contributed by atoms with E-state index in [4.69, 9.17) is 10.2 Å². The minimum atomic E-state index is -3.74. The van der Waals surface area contributed by atoms with Gasteiger partial charge in [0, 0.05) is 19.2 Å². The molecule has 1 saturated heterocycles. The van der Waals surface area contributed by atoms with Crippen LogP contribution in [0.5, 0.6) is 0 Å². The van der Waals surface area contributed by atoms with Crippen LogP contribution in [0.2, 0.25) is 0 Å². The maximum Gasteiger partial charge on any atom is 0.246 e. The highest BCUT2D eigenvalue weighted by Crippen LogP contribution is 2.24. The van der Waals surface area contributed by atoms with Crippen LogP contribution in [0.1, 0.15) is 17.9 Å². The number of aryl methyl sites for hydroxylation is 1. The summed E-state index contributed by atoms with van der Waals surface area (Å²) in [6, 6.07) is 1.41. The normalized spacial score (nSPS) is 20.7. The van der Waals surface area contributed by atoms with Crippen molar-refractivity contribution in [1.29, 1.82) is 0 Å². The molecule has 0 radical (unpaired) electrons. The van der Waals surface area contributed by atoms with Crippen molar-refractivity contribution in [3.05, 3.63) is 17.6 Å². The SMILES string of the molecule is Cc1oc(CN)cc1S(=O)(=O)N1CCCS(=O)(=O)CC1. The van der Waals surface area contributed by atoms with E-state index in [1.807, 2.05) is 0 Å². The quantitative estimate of drug-likeness (QED) is 0.829. The van der Waals surface area contributed by atoms with Crippen molar-refractivity contribution in [3.63, 3.8) is 0 Å². The molecule has 7 nitrogen and oxygen atoms in total. The summed E-state index contributed by atoms with van der Waals surface area (Å²) in [6.07, 6.45) is 0.308. The maximum atomic E-state index is 12.5. The van der Waals surface area contributed by atoms with E-state index in [1.165, 1.54) is 10.4 Å². The number of nitrogens with zero attached hydrogens (tertiary/aromatic N) is 1. The van der Waals surface area contributed by atoms with E-state index in [0.717, 1.165) is 0 Å². The van der Waals surface area contributed by atoms with Crippen molar-refractivity contribution in [2.24, 2.45) is 5.73 Å². The van der Waals surface area contributed by atoms with Crippen LogP contribution in [0.3, 0.4) is 0 Å². The minimum absolute atomic E-state index is 0.0206. The van der Waals surface area contributed by atoms with E-state index in [2.05, 4.69) is 0 Å². The molecule has 2 rings (SSSR count). The highest BCUT2D eigenvalue weighted by Gasteiger charge is 2.31. The van der Waals surface area contributed by atoms with E-state index < -0.39 is 19.9 Å². The fourth-order valence-electron chi connectivity index (χ4n) is 2.18. The Morgan fingerprint density at radius 3 is 2.65 bits per heavy atom. The fourth-order valence-corrected chi connectivity index (χ4v) is 5.23.